The van der Waals surface area contributed by atoms with Crippen LogP contribution in [0, 0.1) is 25.1 Å². The first-order chi connectivity index (χ1) is 20.3. The molecule has 0 spiro atoms. The summed E-state index contributed by atoms with van der Waals surface area (Å²) in [5, 5.41) is 28.3. The zero-order chi connectivity index (χ0) is 31.3. The van der Waals surface area contributed by atoms with E-state index in [1.54, 1.807) is 26.0 Å². The van der Waals surface area contributed by atoms with Gasteiger partial charge in [-0.3, -0.25) is 0 Å². The van der Waals surface area contributed by atoms with Crippen molar-refractivity contribution in [1.29, 1.82) is 5.41 Å². The number of nitrogens with one attached hydrogen (secondary N) is 1. The zero-order valence-corrected chi connectivity index (χ0v) is 24.5. The van der Waals surface area contributed by atoms with E-state index in [1.165, 1.54) is 65.6 Å². The smallest absolute Gasteiger partial charge is 0.416 e. The number of carboxylic acid groups (broad SMARTS) is 1. The third kappa shape index (κ3) is 8.45. The van der Waals surface area contributed by atoms with Crippen LogP contribution in [-0.2, 0) is 11.0 Å². The number of halogens is 4. The lowest BCUT2D eigenvalue weighted by molar-refractivity contribution is -0.139. The molecule has 0 bridgehead atoms. The molecule has 4 aromatic rings. The Morgan fingerprint density at radius 3 is 2.35 bits per heavy atom. The predicted molar refractivity (Wildman–Crippen MR) is 159 cm³/mol. The van der Waals surface area contributed by atoms with Gasteiger partial charge in [-0.1, -0.05) is 12.1 Å². The number of aliphatic hydroxyl groups excluding tert-OH is 1. The van der Waals surface area contributed by atoms with Gasteiger partial charge < -0.3 is 20.4 Å². The van der Waals surface area contributed by atoms with Gasteiger partial charge in [0, 0.05) is 27.8 Å². The highest BCUT2D eigenvalue weighted by molar-refractivity contribution is 7.99. The topological polar surface area (TPSA) is 104 Å². The van der Waals surface area contributed by atoms with Gasteiger partial charge in [0.25, 0.3) is 0 Å². The number of aliphatic carboxylic acids is 1. The summed E-state index contributed by atoms with van der Waals surface area (Å²) in [4.78, 5) is 17.1. The van der Waals surface area contributed by atoms with Crippen molar-refractivity contribution in [2.45, 2.75) is 36.6 Å². The first kappa shape index (κ1) is 31.8. The molecule has 1 aromatic heterocycles. The number of carboxylic acids is 1. The first-order valence-corrected chi connectivity index (χ1v) is 14.5. The Hall–Kier alpha value is -4.16. The van der Waals surface area contributed by atoms with Crippen LogP contribution in [-0.4, -0.2) is 33.5 Å². The van der Waals surface area contributed by atoms with Gasteiger partial charge in [0.05, 0.1) is 28.0 Å². The van der Waals surface area contributed by atoms with E-state index in [-0.39, 0.29) is 17.9 Å². The molecule has 6 nitrogen and oxygen atoms in total. The van der Waals surface area contributed by atoms with Crippen LogP contribution in [0.2, 0.25) is 0 Å². The van der Waals surface area contributed by atoms with E-state index in [1.807, 2.05) is 6.07 Å². The second kappa shape index (κ2) is 13.4. The van der Waals surface area contributed by atoms with Crippen molar-refractivity contribution in [2.75, 3.05) is 6.61 Å². The number of hydrogen-bond donors (Lipinski definition) is 3. The second-order valence-corrected chi connectivity index (χ2v) is 11.8. The Bertz CT molecular complexity index is 1650. The average Bonchev–Trinajstić information content (AvgIpc) is 3.33. The first-order valence-electron chi connectivity index (χ1n) is 12.8. The lowest BCUT2D eigenvalue weighted by Gasteiger charge is -2.17. The molecule has 4 rings (SSSR count). The number of aryl methyl sites for hydroxylation is 2. The minimum atomic E-state index is -4.46. The van der Waals surface area contributed by atoms with Crippen LogP contribution >= 0.6 is 23.1 Å². The molecular formula is C31H26F4N2O4S2. The van der Waals surface area contributed by atoms with E-state index in [9.17, 15) is 27.5 Å². The van der Waals surface area contributed by atoms with E-state index in [4.69, 9.17) is 15.3 Å². The molecular weight excluding hydrogens is 604 g/mol. The minimum absolute atomic E-state index is 0.0107. The van der Waals surface area contributed by atoms with Gasteiger partial charge in [-0.25, -0.2) is 14.2 Å². The van der Waals surface area contributed by atoms with Gasteiger partial charge in [0.15, 0.2) is 6.61 Å². The number of carbonyl (C=O) groups is 1. The van der Waals surface area contributed by atoms with Crippen molar-refractivity contribution < 1.29 is 37.3 Å². The highest BCUT2D eigenvalue weighted by atomic mass is 32.2. The van der Waals surface area contributed by atoms with E-state index >= 15 is 0 Å². The molecule has 3 N–H and O–H groups in total. The summed E-state index contributed by atoms with van der Waals surface area (Å²) in [6.07, 6.45) is -3.08. The summed E-state index contributed by atoms with van der Waals surface area (Å²) in [5.74, 6) is -1.23. The minimum Gasteiger partial charge on any atom is -0.512 e. The van der Waals surface area contributed by atoms with E-state index in [2.05, 4.69) is 4.98 Å². The molecule has 3 aromatic carbocycles. The number of aromatic nitrogens is 1. The number of benzene rings is 3. The molecule has 43 heavy (non-hydrogen) atoms. The number of hydrogen-bond acceptors (Lipinski definition) is 7. The lowest BCUT2D eigenvalue weighted by atomic mass is 10.1. The maximum Gasteiger partial charge on any atom is 0.416 e. The van der Waals surface area contributed by atoms with Crippen LogP contribution in [0.25, 0.3) is 10.6 Å². The molecule has 0 radical (unpaired) electrons. The zero-order valence-electron chi connectivity index (χ0n) is 22.9. The molecule has 0 aliphatic heterocycles. The predicted octanol–water partition coefficient (Wildman–Crippen LogP) is 8.78. The largest absolute Gasteiger partial charge is 0.512 e. The number of alkyl halides is 3. The van der Waals surface area contributed by atoms with Crippen LogP contribution in [0.3, 0.4) is 0 Å². The Morgan fingerprint density at radius 2 is 1.74 bits per heavy atom. The summed E-state index contributed by atoms with van der Waals surface area (Å²) in [6, 6.07) is 15.3. The second-order valence-electron chi connectivity index (χ2n) is 9.52. The highest BCUT2D eigenvalue weighted by Crippen LogP contribution is 2.45. The Labute approximate surface area is 253 Å². The fourth-order valence-electron chi connectivity index (χ4n) is 4.11. The number of thiazole rings is 1. The molecule has 0 fully saturated rings. The van der Waals surface area contributed by atoms with Gasteiger partial charge in [0.2, 0.25) is 0 Å². The molecule has 0 saturated heterocycles. The number of ether oxygens (including phenoxy) is 1. The fraction of sp³-hybridized carbons (Fsp3) is 0.194. The van der Waals surface area contributed by atoms with Gasteiger partial charge in [0.1, 0.15) is 16.6 Å². The third-order valence-corrected chi connectivity index (χ3v) is 8.90. The van der Waals surface area contributed by atoms with E-state index in [0.717, 1.165) is 21.9 Å². The molecule has 1 atom stereocenters. The molecule has 0 aliphatic carbocycles. The summed E-state index contributed by atoms with van der Waals surface area (Å²) < 4.78 is 57.8. The normalized spacial score (nSPS) is 12.7. The van der Waals surface area contributed by atoms with Crippen LogP contribution in [0.5, 0.6) is 5.75 Å². The number of nitrogens with zero attached hydrogens (tertiary/aromatic N) is 1. The summed E-state index contributed by atoms with van der Waals surface area (Å²) in [6.45, 7) is 3.07. The maximum absolute atomic E-state index is 13.3. The van der Waals surface area contributed by atoms with Gasteiger partial charge in [-0.15, -0.1) is 23.1 Å². The van der Waals surface area contributed by atoms with Gasteiger partial charge in [-0.2, -0.15) is 13.2 Å². The lowest BCUT2D eigenvalue weighted by Crippen LogP contribution is -2.10. The van der Waals surface area contributed by atoms with Crippen molar-refractivity contribution in [1.82, 2.24) is 4.98 Å². The monoisotopic (exact) mass is 630 g/mol. The number of allylic oxidation sites excluding steroid dienone is 2. The number of aliphatic hydroxyl groups is 1. The van der Waals surface area contributed by atoms with Crippen molar-refractivity contribution in [3.05, 3.63) is 112 Å². The number of rotatable bonds is 11. The van der Waals surface area contributed by atoms with Crippen molar-refractivity contribution >= 4 is 34.8 Å². The number of thioether (sulfide) groups is 1. The highest BCUT2D eigenvalue weighted by Gasteiger charge is 2.30. The van der Waals surface area contributed by atoms with Gasteiger partial charge >= 0.3 is 12.1 Å². The molecule has 1 heterocycles. The van der Waals surface area contributed by atoms with Gasteiger partial charge in [-0.05, 0) is 79.6 Å². The molecule has 224 valence electrons. The Kier molecular flexibility index (Phi) is 9.92. The van der Waals surface area contributed by atoms with Crippen LogP contribution < -0.4 is 4.74 Å². The standard InChI is InChI=1S/C31H26F4N2O4S2/c1-17-13-24(11-12-26(17)41-16-28(39)40)42-27(15-23(38)14-25(36)19-5-9-22(32)10-6-19)29-18(2)37-30(43-29)20-3-7-21(8-4-20)31(33,34)35/h3-14,27,36,38H,15-16H2,1-2H3,(H,39,40)/b23-14-,36-25?. The Balaban J connectivity index is 1.65. The maximum atomic E-state index is 13.3. The molecule has 0 saturated carbocycles. The van der Waals surface area contributed by atoms with Crippen LogP contribution in [0.1, 0.15) is 38.9 Å². The van der Waals surface area contributed by atoms with Crippen LogP contribution in [0.15, 0.2) is 83.5 Å². The summed E-state index contributed by atoms with van der Waals surface area (Å²) in [7, 11) is 0. The molecule has 12 heteroatoms. The molecule has 0 aliphatic rings. The van der Waals surface area contributed by atoms with Crippen molar-refractivity contribution in [2.24, 2.45) is 0 Å². The van der Waals surface area contributed by atoms with Crippen LogP contribution in [0.4, 0.5) is 17.6 Å². The fourth-order valence-corrected chi connectivity index (χ4v) is 6.70. The van der Waals surface area contributed by atoms with E-state index < -0.39 is 35.4 Å². The summed E-state index contributed by atoms with van der Waals surface area (Å²) >= 11 is 2.69. The van der Waals surface area contributed by atoms with E-state index in [0.29, 0.717) is 33.1 Å². The Morgan fingerprint density at radius 1 is 1.07 bits per heavy atom. The summed E-state index contributed by atoms with van der Waals surface area (Å²) in [5.41, 5.74) is 1.51. The SMILES string of the molecule is Cc1cc(SC(C/C(O)=C/C(=N)c2ccc(F)cc2)c2sc(-c3ccc(C(F)(F)F)cc3)nc2C)ccc1OCC(=O)O. The third-order valence-electron chi connectivity index (χ3n) is 6.22. The average molecular weight is 631 g/mol. The molecule has 1 unspecified atom stereocenters. The van der Waals surface area contributed by atoms with Crippen molar-refractivity contribution in [3.8, 4) is 16.3 Å². The molecule has 0 amide bonds. The van der Waals surface area contributed by atoms with Crippen molar-refractivity contribution in [3.63, 3.8) is 0 Å². The quantitative estimate of drug-likeness (QED) is 0.0663.